The number of esters is 1. The normalized spacial score (nSPS) is 32.9. The van der Waals surface area contributed by atoms with Crippen LogP contribution in [0.25, 0.3) is 0 Å². The number of hydrogen-bond acceptors (Lipinski definition) is 2. The van der Waals surface area contributed by atoms with Crippen LogP contribution in [0.15, 0.2) is 11.6 Å². The molecule has 2 aliphatic rings. The summed E-state index contributed by atoms with van der Waals surface area (Å²) < 4.78 is 5.25. The van der Waals surface area contributed by atoms with Crippen LogP contribution in [-0.4, -0.2) is 12.1 Å². The van der Waals surface area contributed by atoms with Crippen LogP contribution in [0.1, 0.15) is 32.6 Å². The van der Waals surface area contributed by atoms with E-state index in [0.717, 1.165) is 37.2 Å². The van der Waals surface area contributed by atoms with Gasteiger partial charge in [-0.3, -0.25) is 0 Å². The van der Waals surface area contributed by atoms with E-state index < -0.39 is 0 Å². The number of hydrogen-bond donors (Lipinski definition) is 0. The smallest absolute Gasteiger partial charge is 0.333 e. The van der Waals surface area contributed by atoms with E-state index >= 15 is 0 Å². The lowest BCUT2D eigenvalue weighted by atomic mass is 9.84. The summed E-state index contributed by atoms with van der Waals surface area (Å²) in [5.41, 5.74) is 0.884. The number of carbonyl (C=O) groups is 1. The Kier molecular flexibility index (Phi) is 1.91. The van der Waals surface area contributed by atoms with Crippen molar-refractivity contribution in [1.82, 2.24) is 0 Å². The second-order valence-electron chi connectivity index (χ2n) is 3.87. The molecule has 2 aliphatic carbocycles. The van der Waals surface area contributed by atoms with Crippen LogP contribution in [0, 0.1) is 5.92 Å². The molecule has 0 heterocycles. The molecule has 0 aromatic carbocycles. The summed E-state index contributed by atoms with van der Waals surface area (Å²) in [5.74, 6) is 0.677. The fourth-order valence-electron chi connectivity index (χ4n) is 1.63. The van der Waals surface area contributed by atoms with Gasteiger partial charge >= 0.3 is 5.97 Å². The van der Waals surface area contributed by atoms with Gasteiger partial charge in [0.2, 0.25) is 0 Å². The molecule has 0 unspecified atom stereocenters. The van der Waals surface area contributed by atoms with Crippen molar-refractivity contribution in [3.05, 3.63) is 11.6 Å². The highest BCUT2D eigenvalue weighted by atomic mass is 16.5. The quantitative estimate of drug-likeness (QED) is 0.587. The van der Waals surface area contributed by atoms with E-state index in [9.17, 15) is 4.79 Å². The van der Waals surface area contributed by atoms with E-state index in [2.05, 4.69) is 6.92 Å². The van der Waals surface area contributed by atoms with Crippen LogP contribution in [0.4, 0.5) is 0 Å². The van der Waals surface area contributed by atoms with Crippen molar-refractivity contribution < 1.29 is 9.53 Å². The minimum absolute atomic E-state index is 0.0712. The maximum absolute atomic E-state index is 11.2. The zero-order chi connectivity index (χ0) is 8.55. The van der Waals surface area contributed by atoms with Crippen molar-refractivity contribution in [2.24, 2.45) is 5.92 Å². The fourth-order valence-corrected chi connectivity index (χ4v) is 1.63. The predicted molar refractivity (Wildman–Crippen MR) is 45.6 cm³/mol. The van der Waals surface area contributed by atoms with Crippen molar-refractivity contribution in [3.63, 3.8) is 0 Å². The number of carbonyl (C=O) groups excluding carboxylic acids is 1. The molecule has 66 valence electrons. The molecule has 0 radical (unpaired) electrons. The molecule has 0 atom stereocenters. The van der Waals surface area contributed by atoms with Gasteiger partial charge in [0, 0.05) is 5.57 Å². The second kappa shape index (κ2) is 2.92. The lowest BCUT2D eigenvalue weighted by molar-refractivity contribution is -0.150. The van der Waals surface area contributed by atoms with Crippen LogP contribution in [0.2, 0.25) is 0 Å². The van der Waals surface area contributed by atoms with Crippen molar-refractivity contribution in [3.8, 4) is 0 Å². The van der Waals surface area contributed by atoms with Crippen LogP contribution in [0.5, 0.6) is 0 Å². The first-order valence-corrected chi connectivity index (χ1v) is 4.65. The highest BCUT2D eigenvalue weighted by Crippen LogP contribution is 2.31. The Morgan fingerprint density at radius 1 is 1.58 bits per heavy atom. The number of rotatable bonds is 2. The van der Waals surface area contributed by atoms with Gasteiger partial charge in [-0.25, -0.2) is 4.79 Å². The Morgan fingerprint density at radius 2 is 2.25 bits per heavy atom. The number of allylic oxidation sites excluding steroid dienone is 1. The molecule has 1 saturated carbocycles. The first-order chi connectivity index (χ1) is 5.75. The standard InChI is InChI=1S/C10H14O2/c1-7-5-9(6-7)12-10(11)8-3-2-4-8/h3,7,9H,2,4-6H2,1H3. The zero-order valence-corrected chi connectivity index (χ0v) is 7.38. The van der Waals surface area contributed by atoms with Crippen molar-refractivity contribution in [2.45, 2.75) is 38.7 Å². The minimum Gasteiger partial charge on any atom is -0.459 e. The van der Waals surface area contributed by atoms with Gasteiger partial charge in [0.25, 0.3) is 0 Å². The lowest BCUT2D eigenvalue weighted by Crippen LogP contribution is -2.32. The van der Waals surface area contributed by atoms with E-state index in [1.807, 2.05) is 6.08 Å². The van der Waals surface area contributed by atoms with E-state index in [-0.39, 0.29) is 12.1 Å². The SMILES string of the molecule is CC1CC(OC(=O)C2=CCC2)C1. The third-order valence-electron chi connectivity index (χ3n) is 2.67. The van der Waals surface area contributed by atoms with Crippen molar-refractivity contribution in [1.29, 1.82) is 0 Å². The van der Waals surface area contributed by atoms with Gasteiger partial charge in [0.1, 0.15) is 6.10 Å². The highest BCUT2D eigenvalue weighted by molar-refractivity contribution is 5.89. The van der Waals surface area contributed by atoms with Gasteiger partial charge in [-0.15, -0.1) is 0 Å². The van der Waals surface area contributed by atoms with Crippen LogP contribution in [0.3, 0.4) is 0 Å². The molecule has 0 aromatic rings. The van der Waals surface area contributed by atoms with Gasteiger partial charge in [-0.2, -0.15) is 0 Å². The Bertz CT molecular complexity index is 224. The Hall–Kier alpha value is -0.790. The molecular formula is C10H14O2. The molecule has 2 rings (SSSR count). The summed E-state index contributed by atoms with van der Waals surface area (Å²) in [4.78, 5) is 11.2. The monoisotopic (exact) mass is 166 g/mol. The third-order valence-corrected chi connectivity index (χ3v) is 2.67. The fraction of sp³-hybridized carbons (Fsp3) is 0.700. The van der Waals surface area contributed by atoms with Gasteiger partial charge < -0.3 is 4.74 Å². The summed E-state index contributed by atoms with van der Waals surface area (Å²) in [6.07, 6.45) is 6.25. The summed E-state index contributed by atoms with van der Waals surface area (Å²) >= 11 is 0. The minimum atomic E-state index is -0.0712. The van der Waals surface area contributed by atoms with E-state index in [4.69, 9.17) is 4.74 Å². The van der Waals surface area contributed by atoms with Gasteiger partial charge in [-0.05, 0) is 31.6 Å². The van der Waals surface area contributed by atoms with E-state index in [1.165, 1.54) is 0 Å². The Morgan fingerprint density at radius 3 is 2.67 bits per heavy atom. The molecule has 2 heteroatoms. The molecule has 0 bridgehead atoms. The topological polar surface area (TPSA) is 26.3 Å². The molecule has 12 heavy (non-hydrogen) atoms. The summed E-state index contributed by atoms with van der Waals surface area (Å²) in [5, 5.41) is 0. The first kappa shape index (κ1) is 7.84. The summed E-state index contributed by atoms with van der Waals surface area (Å²) in [6, 6.07) is 0. The summed E-state index contributed by atoms with van der Waals surface area (Å²) in [7, 11) is 0. The van der Waals surface area contributed by atoms with Gasteiger partial charge in [-0.1, -0.05) is 13.0 Å². The van der Waals surface area contributed by atoms with Gasteiger partial charge in [0.05, 0.1) is 0 Å². The summed E-state index contributed by atoms with van der Waals surface area (Å²) in [6.45, 7) is 2.19. The van der Waals surface area contributed by atoms with Crippen LogP contribution in [-0.2, 0) is 9.53 Å². The van der Waals surface area contributed by atoms with Crippen LogP contribution < -0.4 is 0 Å². The second-order valence-corrected chi connectivity index (χ2v) is 3.87. The molecule has 0 aliphatic heterocycles. The molecule has 1 fully saturated rings. The van der Waals surface area contributed by atoms with E-state index in [0.29, 0.717) is 0 Å². The van der Waals surface area contributed by atoms with E-state index in [1.54, 1.807) is 0 Å². The maximum atomic E-state index is 11.2. The first-order valence-electron chi connectivity index (χ1n) is 4.65. The molecule has 0 spiro atoms. The lowest BCUT2D eigenvalue weighted by Gasteiger charge is -2.32. The maximum Gasteiger partial charge on any atom is 0.333 e. The molecule has 0 N–H and O–H groups in total. The van der Waals surface area contributed by atoms with Crippen molar-refractivity contribution in [2.75, 3.05) is 0 Å². The van der Waals surface area contributed by atoms with Crippen LogP contribution >= 0.6 is 0 Å². The molecular weight excluding hydrogens is 152 g/mol. The number of ether oxygens (including phenoxy) is 1. The zero-order valence-electron chi connectivity index (χ0n) is 7.38. The predicted octanol–water partition coefficient (Wildman–Crippen LogP) is 2.05. The van der Waals surface area contributed by atoms with Gasteiger partial charge in [0.15, 0.2) is 0 Å². The molecule has 2 nitrogen and oxygen atoms in total. The average Bonchev–Trinajstić information content (AvgIpc) is 1.79. The third kappa shape index (κ3) is 1.38. The molecule has 0 amide bonds. The Balaban J connectivity index is 1.76. The Labute approximate surface area is 72.6 Å². The largest absolute Gasteiger partial charge is 0.459 e. The van der Waals surface area contributed by atoms with Crippen molar-refractivity contribution >= 4 is 5.97 Å². The average molecular weight is 166 g/mol. The molecule has 0 saturated heterocycles. The molecule has 0 aromatic heterocycles. The highest BCUT2D eigenvalue weighted by Gasteiger charge is 2.30.